The fourth-order valence-corrected chi connectivity index (χ4v) is 1.83. The third-order valence-electron chi connectivity index (χ3n) is 2.78. The van der Waals surface area contributed by atoms with Crippen LogP contribution >= 0.6 is 0 Å². The molecule has 1 amide bonds. The lowest BCUT2D eigenvalue weighted by molar-refractivity contribution is 0.0954. The Labute approximate surface area is 107 Å². The molecule has 0 bridgehead atoms. The van der Waals surface area contributed by atoms with Crippen molar-refractivity contribution in [1.82, 2.24) is 15.6 Å². The predicted molar refractivity (Wildman–Crippen MR) is 73.8 cm³/mol. The number of benzene rings is 1. The first-order chi connectivity index (χ1) is 8.66. The lowest BCUT2D eigenvalue weighted by atomic mass is 10.1. The summed E-state index contributed by atoms with van der Waals surface area (Å²) in [4.78, 5) is 15.0. The summed E-state index contributed by atoms with van der Waals surface area (Å²) in [6, 6.07) is 8.07. The number of amides is 1. The van der Waals surface area contributed by atoms with Crippen molar-refractivity contribution in [2.24, 2.45) is 0 Å². The van der Waals surface area contributed by atoms with Gasteiger partial charge in [0, 0.05) is 41.8 Å². The Hall–Kier alpha value is -1.81. The standard InChI is InChI=1S/C14H19N3O/c1-10(2)15-7-8-17-14(18)12-3-4-13-11(9-12)5-6-16-13/h3-6,9-10,15-16H,7-8H2,1-2H3,(H,17,18). The minimum absolute atomic E-state index is 0.0244. The van der Waals surface area contributed by atoms with E-state index in [1.807, 2.05) is 30.5 Å². The SMILES string of the molecule is CC(C)NCCNC(=O)c1ccc2[nH]ccc2c1. The smallest absolute Gasteiger partial charge is 0.251 e. The highest BCUT2D eigenvalue weighted by atomic mass is 16.1. The van der Waals surface area contributed by atoms with E-state index in [0.717, 1.165) is 17.4 Å². The van der Waals surface area contributed by atoms with Crippen LogP contribution in [0.3, 0.4) is 0 Å². The largest absolute Gasteiger partial charge is 0.361 e. The lowest BCUT2D eigenvalue weighted by Crippen LogP contribution is -2.34. The molecule has 4 nitrogen and oxygen atoms in total. The summed E-state index contributed by atoms with van der Waals surface area (Å²) in [6.45, 7) is 5.60. The van der Waals surface area contributed by atoms with E-state index in [1.54, 1.807) is 0 Å². The number of H-pyrrole nitrogens is 1. The number of hydrogen-bond donors (Lipinski definition) is 3. The number of nitrogens with one attached hydrogen (secondary N) is 3. The van der Waals surface area contributed by atoms with Crippen molar-refractivity contribution < 1.29 is 4.79 Å². The second kappa shape index (κ2) is 5.69. The van der Waals surface area contributed by atoms with Gasteiger partial charge in [0.25, 0.3) is 5.91 Å². The van der Waals surface area contributed by atoms with E-state index in [-0.39, 0.29) is 5.91 Å². The number of hydrogen-bond acceptors (Lipinski definition) is 2. The van der Waals surface area contributed by atoms with E-state index in [9.17, 15) is 4.79 Å². The zero-order chi connectivity index (χ0) is 13.0. The Morgan fingerprint density at radius 3 is 2.89 bits per heavy atom. The van der Waals surface area contributed by atoms with Gasteiger partial charge in [0.1, 0.15) is 0 Å². The van der Waals surface area contributed by atoms with Gasteiger partial charge in [-0.1, -0.05) is 13.8 Å². The highest BCUT2D eigenvalue weighted by molar-refractivity contribution is 5.98. The molecule has 4 heteroatoms. The lowest BCUT2D eigenvalue weighted by Gasteiger charge is -2.09. The van der Waals surface area contributed by atoms with Crippen LogP contribution in [-0.4, -0.2) is 30.0 Å². The number of carbonyl (C=O) groups excluding carboxylic acids is 1. The summed E-state index contributed by atoms with van der Waals surface area (Å²) >= 11 is 0. The van der Waals surface area contributed by atoms with Gasteiger partial charge < -0.3 is 15.6 Å². The second-order valence-corrected chi connectivity index (χ2v) is 4.64. The van der Waals surface area contributed by atoms with E-state index in [4.69, 9.17) is 0 Å². The molecule has 0 fully saturated rings. The topological polar surface area (TPSA) is 56.9 Å². The molecule has 0 radical (unpaired) electrons. The van der Waals surface area contributed by atoms with Crippen LogP contribution in [0.1, 0.15) is 24.2 Å². The third-order valence-corrected chi connectivity index (χ3v) is 2.78. The molecule has 0 spiro atoms. The maximum absolute atomic E-state index is 11.9. The van der Waals surface area contributed by atoms with E-state index in [2.05, 4.69) is 29.5 Å². The first kappa shape index (κ1) is 12.6. The highest BCUT2D eigenvalue weighted by Gasteiger charge is 2.05. The van der Waals surface area contributed by atoms with Gasteiger partial charge in [-0.05, 0) is 24.3 Å². The number of rotatable bonds is 5. The number of fused-ring (bicyclic) bond motifs is 1. The monoisotopic (exact) mass is 245 g/mol. The maximum Gasteiger partial charge on any atom is 0.251 e. The molecule has 3 N–H and O–H groups in total. The molecule has 2 aromatic rings. The molecule has 0 unspecified atom stereocenters. The Morgan fingerprint density at radius 1 is 1.28 bits per heavy atom. The molecule has 2 rings (SSSR count). The molecular formula is C14H19N3O. The fourth-order valence-electron chi connectivity index (χ4n) is 1.83. The van der Waals surface area contributed by atoms with Gasteiger partial charge in [-0.25, -0.2) is 0 Å². The summed E-state index contributed by atoms with van der Waals surface area (Å²) in [6.07, 6.45) is 1.87. The Bertz CT molecular complexity index is 531. The van der Waals surface area contributed by atoms with Crippen LogP contribution in [0.4, 0.5) is 0 Å². The third kappa shape index (κ3) is 3.11. The van der Waals surface area contributed by atoms with E-state index >= 15 is 0 Å². The van der Waals surface area contributed by atoms with E-state index in [0.29, 0.717) is 18.2 Å². The van der Waals surface area contributed by atoms with Crippen molar-refractivity contribution in [3.05, 3.63) is 36.0 Å². The molecule has 1 aromatic heterocycles. The maximum atomic E-state index is 11.9. The molecule has 18 heavy (non-hydrogen) atoms. The van der Waals surface area contributed by atoms with Crippen molar-refractivity contribution in [2.45, 2.75) is 19.9 Å². The molecule has 96 valence electrons. The summed E-state index contributed by atoms with van der Waals surface area (Å²) < 4.78 is 0. The molecule has 1 heterocycles. The van der Waals surface area contributed by atoms with E-state index < -0.39 is 0 Å². The predicted octanol–water partition coefficient (Wildman–Crippen LogP) is 1.90. The van der Waals surface area contributed by atoms with Crippen molar-refractivity contribution in [3.8, 4) is 0 Å². The molecule has 0 aliphatic heterocycles. The fraction of sp³-hybridized carbons (Fsp3) is 0.357. The Kier molecular flexibility index (Phi) is 3.99. The second-order valence-electron chi connectivity index (χ2n) is 4.64. The van der Waals surface area contributed by atoms with Gasteiger partial charge in [0.05, 0.1) is 0 Å². The average molecular weight is 245 g/mol. The van der Waals surface area contributed by atoms with Crippen molar-refractivity contribution in [3.63, 3.8) is 0 Å². The minimum Gasteiger partial charge on any atom is -0.361 e. The van der Waals surface area contributed by atoms with Gasteiger partial charge >= 0.3 is 0 Å². The summed E-state index contributed by atoms with van der Waals surface area (Å²) in [5, 5.41) is 7.22. The van der Waals surface area contributed by atoms with Gasteiger partial charge in [-0.2, -0.15) is 0 Å². The number of aromatic amines is 1. The molecule has 0 atom stereocenters. The first-order valence-electron chi connectivity index (χ1n) is 6.25. The molecule has 0 aliphatic carbocycles. The van der Waals surface area contributed by atoms with Gasteiger partial charge in [-0.3, -0.25) is 4.79 Å². The van der Waals surface area contributed by atoms with Gasteiger partial charge in [-0.15, -0.1) is 0 Å². The van der Waals surface area contributed by atoms with Crippen molar-refractivity contribution in [1.29, 1.82) is 0 Å². The van der Waals surface area contributed by atoms with Crippen molar-refractivity contribution in [2.75, 3.05) is 13.1 Å². The average Bonchev–Trinajstić information content (AvgIpc) is 2.81. The molecule has 0 saturated heterocycles. The van der Waals surface area contributed by atoms with E-state index in [1.165, 1.54) is 0 Å². The number of aromatic nitrogens is 1. The quantitative estimate of drug-likeness (QED) is 0.705. The van der Waals surface area contributed by atoms with Crippen molar-refractivity contribution >= 4 is 16.8 Å². The van der Waals surface area contributed by atoms with Crippen LogP contribution in [-0.2, 0) is 0 Å². The molecule has 1 aromatic carbocycles. The normalized spacial score (nSPS) is 11.1. The Balaban J connectivity index is 1.92. The van der Waals surface area contributed by atoms with Crippen LogP contribution in [0.25, 0.3) is 10.9 Å². The van der Waals surface area contributed by atoms with Gasteiger partial charge in [0.15, 0.2) is 0 Å². The van der Waals surface area contributed by atoms with Crippen LogP contribution < -0.4 is 10.6 Å². The minimum atomic E-state index is -0.0244. The van der Waals surface area contributed by atoms with Gasteiger partial charge in [0.2, 0.25) is 0 Å². The zero-order valence-corrected chi connectivity index (χ0v) is 10.8. The van der Waals surface area contributed by atoms with Crippen LogP contribution in [0, 0.1) is 0 Å². The zero-order valence-electron chi connectivity index (χ0n) is 10.8. The molecule has 0 saturated carbocycles. The molecular weight excluding hydrogens is 226 g/mol. The van der Waals surface area contributed by atoms with Crippen LogP contribution in [0.5, 0.6) is 0 Å². The van der Waals surface area contributed by atoms with Crippen LogP contribution in [0.15, 0.2) is 30.5 Å². The highest BCUT2D eigenvalue weighted by Crippen LogP contribution is 2.13. The number of carbonyl (C=O) groups is 1. The summed E-state index contributed by atoms with van der Waals surface area (Å²) in [7, 11) is 0. The summed E-state index contributed by atoms with van der Waals surface area (Å²) in [5.41, 5.74) is 1.75. The Morgan fingerprint density at radius 2 is 2.11 bits per heavy atom. The first-order valence-corrected chi connectivity index (χ1v) is 6.25. The molecule has 0 aliphatic rings. The summed E-state index contributed by atoms with van der Waals surface area (Å²) in [5.74, 6) is -0.0244. The van der Waals surface area contributed by atoms with Crippen LogP contribution in [0.2, 0.25) is 0 Å².